The zero-order valence-electron chi connectivity index (χ0n) is 12.3. The lowest BCUT2D eigenvalue weighted by molar-refractivity contribution is 0.0592. The van der Waals surface area contributed by atoms with Crippen LogP contribution in [-0.2, 0) is 11.2 Å². The standard InChI is InChI=1S/C16H22N4O/c1-4-12(17-7-1)10-15-19-14-6-2-8-18-16(14)20(15)13-5-3-9-21-11-13/h2,6,8,12-13,17H,1,3-5,7,9-11H2. The van der Waals surface area contributed by atoms with Gasteiger partial charge in [-0.25, -0.2) is 9.97 Å². The Morgan fingerprint density at radius 3 is 3.14 bits per heavy atom. The molecule has 4 heterocycles. The molecule has 21 heavy (non-hydrogen) atoms. The van der Waals surface area contributed by atoms with Crippen molar-refractivity contribution >= 4 is 11.2 Å². The maximum absolute atomic E-state index is 5.69. The van der Waals surface area contributed by atoms with E-state index in [1.54, 1.807) is 0 Å². The fourth-order valence-electron chi connectivity index (χ4n) is 3.58. The van der Waals surface area contributed by atoms with E-state index in [1.807, 2.05) is 12.3 Å². The fourth-order valence-corrected chi connectivity index (χ4v) is 3.58. The number of hydrogen-bond donors (Lipinski definition) is 1. The van der Waals surface area contributed by atoms with Crippen LogP contribution in [0.15, 0.2) is 18.3 Å². The Hall–Kier alpha value is -1.46. The van der Waals surface area contributed by atoms with Gasteiger partial charge in [-0.2, -0.15) is 0 Å². The second-order valence-electron chi connectivity index (χ2n) is 6.11. The molecule has 0 saturated carbocycles. The van der Waals surface area contributed by atoms with Crippen molar-refractivity contribution < 1.29 is 4.74 Å². The van der Waals surface area contributed by atoms with Crippen LogP contribution >= 0.6 is 0 Å². The summed E-state index contributed by atoms with van der Waals surface area (Å²) in [5.74, 6) is 1.17. The lowest BCUT2D eigenvalue weighted by atomic mass is 10.1. The third-order valence-electron chi connectivity index (χ3n) is 4.61. The summed E-state index contributed by atoms with van der Waals surface area (Å²) < 4.78 is 8.03. The number of ether oxygens (including phenoxy) is 1. The van der Waals surface area contributed by atoms with E-state index in [0.717, 1.165) is 50.2 Å². The minimum atomic E-state index is 0.384. The van der Waals surface area contributed by atoms with E-state index in [-0.39, 0.29) is 0 Å². The summed E-state index contributed by atoms with van der Waals surface area (Å²) in [6.45, 7) is 2.80. The molecule has 5 heteroatoms. The lowest BCUT2D eigenvalue weighted by Gasteiger charge is -2.26. The highest BCUT2D eigenvalue weighted by atomic mass is 16.5. The Kier molecular flexibility index (Phi) is 3.61. The maximum atomic E-state index is 5.69. The summed E-state index contributed by atoms with van der Waals surface area (Å²) in [4.78, 5) is 9.43. The molecule has 2 unspecified atom stereocenters. The molecule has 112 valence electrons. The Balaban J connectivity index is 1.72. The molecule has 0 aromatic carbocycles. The van der Waals surface area contributed by atoms with Crippen LogP contribution in [0.25, 0.3) is 11.2 Å². The van der Waals surface area contributed by atoms with Gasteiger partial charge >= 0.3 is 0 Å². The third-order valence-corrected chi connectivity index (χ3v) is 4.61. The van der Waals surface area contributed by atoms with Gasteiger partial charge in [0.25, 0.3) is 0 Å². The van der Waals surface area contributed by atoms with E-state index in [4.69, 9.17) is 9.72 Å². The fraction of sp³-hybridized carbons (Fsp3) is 0.625. The lowest BCUT2D eigenvalue weighted by Crippen LogP contribution is -2.28. The smallest absolute Gasteiger partial charge is 0.160 e. The average molecular weight is 286 g/mol. The Bertz CT molecular complexity index is 612. The Labute approximate surface area is 124 Å². The normalized spacial score (nSPS) is 26.5. The van der Waals surface area contributed by atoms with E-state index >= 15 is 0 Å². The number of fused-ring (bicyclic) bond motifs is 1. The summed E-state index contributed by atoms with van der Waals surface area (Å²) in [5.41, 5.74) is 2.03. The molecule has 0 spiro atoms. The Morgan fingerprint density at radius 1 is 1.33 bits per heavy atom. The van der Waals surface area contributed by atoms with E-state index < -0.39 is 0 Å². The monoisotopic (exact) mass is 286 g/mol. The zero-order valence-corrected chi connectivity index (χ0v) is 12.3. The first kappa shape index (κ1) is 13.2. The van der Waals surface area contributed by atoms with Crippen LogP contribution in [0.1, 0.15) is 37.5 Å². The molecule has 5 nitrogen and oxygen atoms in total. The van der Waals surface area contributed by atoms with Crippen LogP contribution in [0.3, 0.4) is 0 Å². The molecule has 2 fully saturated rings. The van der Waals surface area contributed by atoms with Crippen LogP contribution in [0.2, 0.25) is 0 Å². The van der Waals surface area contributed by atoms with Crippen molar-refractivity contribution in [1.29, 1.82) is 0 Å². The van der Waals surface area contributed by atoms with Gasteiger partial charge in [-0.3, -0.25) is 0 Å². The molecule has 0 amide bonds. The maximum Gasteiger partial charge on any atom is 0.160 e. The highest BCUT2D eigenvalue weighted by Crippen LogP contribution is 2.27. The zero-order chi connectivity index (χ0) is 14.1. The predicted molar refractivity (Wildman–Crippen MR) is 81.3 cm³/mol. The number of rotatable bonds is 3. The highest BCUT2D eigenvalue weighted by Gasteiger charge is 2.25. The first-order valence-corrected chi connectivity index (χ1v) is 8.05. The van der Waals surface area contributed by atoms with Crippen LogP contribution in [0.4, 0.5) is 0 Å². The van der Waals surface area contributed by atoms with Gasteiger partial charge in [-0.15, -0.1) is 0 Å². The van der Waals surface area contributed by atoms with Crippen molar-refractivity contribution in [2.45, 2.75) is 44.2 Å². The van der Waals surface area contributed by atoms with E-state index in [9.17, 15) is 0 Å². The Morgan fingerprint density at radius 2 is 2.33 bits per heavy atom. The second kappa shape index (κ2) is 5.73. The van der Waals surface area contributed by atoms with Crippen molar-refractivity contribution in [3.63, 3.8) is 0 Å². The van der Waals surface area contributed by atoms with Crippen molar-refractivity contribution in [3.05, 3.63) is 24.2 Å². The molecular weight excluding hydrogens is 264 g/mol. The van der Waals surface area contributed by atoms with Gasteiger partial charge < -0.3 is 14.6 Å². The predicted octanol–water partition coefficient (Wildman–Crippen LogP) is 2.08. The van der Waals surface area contributed by atoms with Crippen LogP contribution in [-0.4, -0.2) is 40.3 Å². The number of nitrogens with one attached hydrogen (secondary N) is 1. The summed E-state index contributed by atoms with van der Waals surface area (Å²) in [5, 5.41) is 3.57. The number of hydrogen-bond acceptors (Lipinski definition) is 4. The molecule has 0 radical (unpaired) electrons. The first-order valence-electron chi connectivity index (χ1n) is 8.05. The number of imidazole rings is 1. The largest absolute Gasteiger partial charge is 0.379 e. The van der Waals surface area contributed by atoms with E-state index in [2.05, 4.69) is 20.9 Å². The van der Waals surface area contributed by atoms with Gasteiger partial charge in [0.2, 0.25) is 0 Å². The third kappa shape index (κ3) is 2.56. The highest BCUT2D eigenvalue weighted by molar-refractivity contribution is 5.71. The van der Waals surface area contributed by atoms with E-state index in [0.29, 0.717) is 12.1 Å². The molecule has 2 atom stereocenters. The molecule has 2 aliphatic rings. The van der Waals surface area contributed by atoms with Crippen LogP contribution in [0, 0.1) is 0 Å². The topological polar surface area (TPSA) is 52.0 Å². The molecule has 2 saturated heterocycles. The molecule has 2 aromatic rings. The van der Waals surface area contributed by atoms with Gasteiger partial charge in [-0.05, 0) is 44.4 Å². The SMILES string of the molecule is c1cnc2c(c1)nc(CC1CCCN1)n2C1CCCOC1. The molecule has 4 rings (SSSR count). The number of aromatic nitrogens is 3. The van der Waals surface area contributed by atoms with Gasteiger partial charge in [0.1, 0.15) is 11.3 Å². The molecule has 2 aromatic heterocycles. The quantitative estimate of drug-likeness (QED) is 0.938. The van der Waals surface area contributed by atoms with Crippen LogP contribution < -0.4 is 5.32 Å². The summed E-state index contributed by atoms with van der Waals surface area (Å²) >= 11 is 0. The molecular formula is C16H22N4O. The minimum Gasteiger partial charge on any atom is -0.379 e. The van der Waals surface area contributed by atoms with Crippen LogP contribution in [0.5, 0.6) is 0 Å². The van der Waals surface area contributed by atoms with Gasteiger partial charge in [0, 0.05) is 25.3 Å². The van der Waals surface area contributed by atoms with Gasteiger partial charge in [-0.1, -0.05) is 0 Å². The summed E-state index contributed by atoms with van der Waals surface area (Å²) in [6.07, 6.45) is 7.66. The van der Waals surface area contributed by atoms with E-state index in [1.165, 1.54) is 18.7 Å². The molecule has 2 aliphatic heterocycles. The second-order valence-corrected chi connectivity index (χ2v) is 6.11. The molecule has 0 bridgehead atoms. The number of nitrogens with zero attached hydrogens (tertiary/aromatic N) is 3. The van der Waals surface area contributed by atoms with Crippen molar-refractivity contribution in [2.75, 3.05) is 19.8 Å². The molecule has 1 N–H and O–H groups in total. The summed E-state index contributed by atoms with van der Waals surface area (Å²) in [6, 6.07) is 4.98. The number of pyridine rings is 1. The van der Waals surface area contributed by atoms with Gasteiger partial charge in [0.05, 0.1) is 12.6 Å². The summed E-state index contributed by atoms with van der Waals surface area (Å²) in [7, 11) is 0. The average Bonchev–Trinajstić information content (AvgIpc) is 3.15. The minimum absolute atomic E-state index is 0.384. The van der Waals surface area contributed by atoms with Crippen molar-refractivity contribution in [3.8, 4) is 0 Å². The first-order chi connectivity index (χ1) is 10.4. The van der Waals surface area contributed by atoms with Crippen molar-refractivity contribution in [2.24, 2.45) is 0 Å². The van der Waals surface area contributed by atoms with Gasteiger partial charge in [0.15, 0.2) is 5.65 Å². The molecule has 0 aliphatic carbocycles. The van der Waals surface area contributed by atoms with Crippen molar-refractivity contribution in [1.82, 2.24) is 19.9 Å².